The number of benzene rings is 1. The lowest BCUT2D eigenvalue weighted by atomic mass is 10.1. The van der Waals surface area contributed by atoms with E-state index in [4.69, 9.17) is 0 Å². The van der Waals surface area contributed by atoms with Crippen molar-refractivity contribution in [3.8, 4) is 0 Å². The Morgan fingerprint density at radius 2 is 2.00 bits per heavy atom. The minimum Gasteiger partial charge on any atom is -0.354 e. The molecule has 1 saturated heterocycles. The van der Waals surface area contributed by atoms with Gasteiger partial charge in [0, 0.05) is 15.7 Å². The highest BCUT2D eigenvalue weighted by Crippen LogP contribution is 2.09. The molecule has 5 heteroatoms. The largest absolute Gasteiger partial charge is 0.354 e. The number of amides is 2. The second-order valence-corrected chi connectivity index (χ2v) is 5.57. The molecule has 0 aromatic heterocycles. The van der Waals surface area contributed by atoms with Crippen molar-refractivity contribution in [2.24, 2.45) is 0 Å². The molecule has 0 radical (unpaired) electrons. The number of carbonyl (C=O) groups is 2. The number of hydrogen-bond acceptors (Lipinski definition) is 2. The smallest absolute Gasteiger partial charge is 0.251 e. The fourth-order valence-electron chi connectivity index (χ4n) is 1.92. The molecule has 1 fully saturated rings. The van der Waals surface area contributed by atoms with Crippen LogP contribution < -0.4 is 10.6 Å². The topological polar surface area (TPSA) is 58.2 Å². The zero-order valence-corrected chi connectivity index (χ0v) is 12.1. The first-order chi connectivity index (χ1) is 8.66. The summed E-state index contributed by atoms with van der Waals surface area (Å²) in [7, 11) is 0. The Bertz CT molecular complexity index is 445. The normalized spacial score (nSPS) is 19.8. The Labute approximate surface area is 120 Å². The molecule has 2 amide bonds. The summed E-state index contributed by atoms with van der Waals surface area (Å²) in [5.74, 6) is -0.264. The molecule has 1 atom stereocenters. The molecular weight excluding hydrogens is 343 g/mol. The molecule has 1 unspecified atom stereocenters. The van der Waals surface area contributed by atoms with Crippen LogP contribution in [0.3, 0.4) is 0 Å². The van der Waals surface area contributed by atoms with Crippen molar-refractivity contribution < 1.29 is 9.59 Å². The van der Waals surface area contributed by atoms with Crippen LogP contribution >= 0.6 is 22.6 Å². The molecule has 1 aromatic carbocycles. The van der Waals surface area contributed by atoms with Crippen LogP contribution in [0.15, 0.2) is 24.3 Å². The van der Waals surface area contributed by atoms with Crippen LogP contribution in [0.5, 0.6) is 0 Å². The van der Waals surface area contributed by atoms with Gasteiger partial charge in [-0.15, -0.1) is 0 Å². The maximum Gasteiger partial charge on any atom is 0.251 e. The van der Waals surface area contributed by atoms with Crippen LogP contribution in [-0.2, 0) is 4.79 Å². The Hall–Kier alpha value is -1.11. The van der Waals surface area contributed by atoms with Crippen LogP contribution in [0.2, 0.25) is 0 Å². The third-order valence-corrected chi connectivity index (χ3v) is 3.67. The lowest BCUT2D eigenvalue weighted by Gasteiger charge is -2.15. The summed E-state index contributed by atoms with van der Waals surface area (Å²) in [6, 6.07) is 6.89. The number of nitrogens with one attached hydrogen (secondary N) is 2. The molecule has 2 N–H and O–H groups in total. The summed E-state index contributed by atoms with van der Waals surface area (Å²) in [6.07, 6.45) is 2.64. The standard InChI is InChI=1S/C13H15IN2O2/c14-10-6-4-9(5-7-10)12(17)16-11-3-1-2-8-15-13(11)18/h4-7,11H,1-3,8H2,(H,15,18)(H,16,17). The van der Waals surface area contributed by atoms with Gasteiger partial charge in [0.1, 0.15) is 6.04 Å². The minimum absolute atomic E-state index is 0.0774. The molecular formula is C13H15IN2O2. The fraction of sp³-hybridized carbons (Fsp3) is 0.385. The lowest BCUT2D eigenvalue weighted by Crippen LogP contribution is -2.45. The van der Waals surface area contributed by atoms with E-state index >= 15 is 0 Å². The van der Waals surface area contributed by atoms with E-state index < -0.39 is 6.04 Å². The van der Waals surface area contributed by atoms with E-state index in [9.17, 15) is 9.59 Å². The summed E-state index contributed by atoms with van der Waals surface area (Å²) in [5, 5.41) is 5.60. The van der Waals surface area contributed by atoms with Gasteiger partial charge in [0.25, 0.3) is 5.91 Å². The van der Waals surface area contributed by atoms with E-state index in [0.29, 0.717) is 18.5 Å². The quantitative estimate of drug-likeness (QED) is 0.791. The van der Waals surface area contributed by atoms with Gasteiger partial charge in [-0.05, 0) is 66.1 Å². The van der Waals surface area contributed by atoms with Crippen LogP contribution in [-0.4, -0.2) is 24.4 Å². The molecule has 0 aliphatic carbocycles. The summed E-state index contributed by atoms with van der Waals surface area (Å²) in [4.78, 5) is 23.7. The van der Waals surface area contributed by atoms with Gasteiger partial charge in [-0.3, -0.25) is 9.59 Å². The lowest BCUT2D eigenvalue weighted by molar-refractivity contribution is -0.122. The van der Waals surface area contributed by atoms with E-state index in [1.807, 2.05) is 12.1 Å². The second-order valence-electron chi connectivity index (χ2n) is 4.32. The fourth-order valence-corrected chi connectivity index (χ4v) is 2.28. The van der Waals surface area contributed by atoms with E-state index in [-0.39, 0.29) is 11.8 Å². The third kappa shape index (κ3) is 3.44. The first-order valence-corrected chi connectivity index (χ1v) is 7.09. The molecule has 1 aromatic rings. The van der Waals surface area contributed by atoms with Gasteiger partial charge in [0.15, 0.2) is 0 Å². The van der Waals surface area contributed by atoms with Crippen molar-refractivity contribution in [3.05, 3.63) is 33.4 Å². The number of rotatable bonds is 2. The summed E-state index contributed by atoms with van der Waals surface area (Å²) in [5.41, 5.74) is 0.590. The van der Waals surface area contributed by atoms with Crippen molar-refractivity contribution in [1.82, 2.24) is 10.6 Å². The Kier molecular flexibility index (Phi) is 4.57. The van der Waals surface area contributed by atoms with Crippen LogP contribution in [0.25, 0.3) is 0 Å². The van der Waals surface area contributed by atoms with Crippen molar-refractivity contribution in [2.75, 3.05) is 6.54 Å². The predicted molar refractivity (Wildman–Crippen MR) is 77.3 cm³/mol. The van der Waals surface area contributed by atoms with Gasteiger partial charge in [-0.2, -0.15) is 0 Å². The van der Waals surface area contributed by atoms with Gasteiger partial charge in [-0.25, -0.2) is 0 Å². The first-order valence-electron chi connectivity index (χ1n) is 6.01. The van der Waals surface area contributed by atoms with Gasteiger partial charge in [0.2, 0.25) is 5.91 Å². The van der Waals surface area contributed by atoms with Crippen molar-refractivity contribution in [2.45, 2.75) is 25.3 Å². The molecule has 2 rings (SSSR count). The minimum atomic E-state index is -0.403. The molecule has 4 nitrogen and oxygen atoms in total. The van der Waals surface area contributed by atoms with E-state index in [1.54, 1.807) is 12.1 Å². The average molecular weight is 358 g/mol. The molecule has 18 heavy (non-hydrogen) atoms. The molecule has 1 aliphatic rings. The van der Waals surface area contributed by atoms with E-state index in [1.165, 1.54) is 0 Å². The third-order valence-electron chi connectivity index (χ3n) is 2.95. The molecule has 0 saturated carbocycles. The van der Waals surface area contributed by atoms with Gasteiger partial charge in [0.05, 0.1) is 0 Å². The van der Waals surface area contributed by atoms with Gasteiger partial charge < -0.3 is 10.6 Å². The van der Waals surface area contributed by atoms with Gasteiger partial charge >= 0.3 is 0 Å². The monoisotopic (exact) mass is 358 g/mol. The number of halogens is 1. The Morgan fingerprint density at radius 1 is 1.28 bits per heavy atom. The zero-order valence-electron chi connectivity index (χ0n) is 9.91. The Morgan fingerprint density at radius 3 is 2.72 bits per heavy atom. The van der Waals surface area contributed by atoms with Crippen LogP contribution in [0, 0.1) is 3.57 Å². The molecule has 1 heterocycles. The zero-order chi connectivity index (χ0) is 13.0. The maximum atomic E-state index is 12.0. The van der Waals surface area contributed by atoms with Crippen LogP contribution in [0.4, 0.5) is 0 Å². The van der Waals surface area contributed by atoms with E-state index in [0.717, 1.165) is 16.4 Å². The SMILES string of the molecule is O=C(NC1CCCCNC1=O)c1ccc(I)cc1. The Balaban J connectivity index is 2.01. The molecule has 0 bridgehead atoms. The first kappa shape index (κ1) is 13.3. The van der Waals surface area contributed by atoms with Crippen molar-refractivity contribution in [3.63, 3.8) is 0 Å². The highest BCUT2D eigenvalue weighted by Gasteiger charge is 2.22. The summed E-state index contributed by atoms with van der Waals surface area (Å²) >= 11 is 2.19. The highest BCUT2D eigenvalue weighted by atomic mass is 127. The average Bonchev–Trinajstić information content (AvgIpc) is 2.56. The molecule has 1 aliphatic heterocycles. The summed E-state index contributed by atoms with van der Waals surface area (Å²) < 4.78 is 1.08. The van der Waals surface area contributed by atoms with E-state index in [2.05, 4.69) is 33.2 Å². The summed E-state index contributed by atoms with van der Waals surface area (Å²) in [6.45, 7) is 0.703. The van der Waals surface area contributed by atoms with Gasteiger partial charge in [-0.1, -0.05) is 0 Å². The highest BCUT2D eigenvalue weighted by molar-refractivity contribution is 14.1. The second kappa shape index (κ2) is 6.17. The predicted octanol–water partition coefficient (Wildman–Crippen LogP) is 1.69. The molecule has 0 spiro atoms. The van der Waals surface area contributed by atoms with Crippen LogP contribution in [0.1, 0.15) is 29.6 Å². The van der Waals surface area contributed by atoms with Crippen molar-refractivity contribution >= 4 is 34.4 Å². The number of hydrogen-bond donors (Lipinski definition) is 2. The molecule has 96 valence electrons. The van der Waals surface area contributed by atoms with Crippen molar-refractivity contribution in [1.29, 1.82) is 0 Å². The number of carbonyl (C=O) groups excluding carboxylic acids is 2. The maximum absolute atomic E-state index is 12.0.